The summed E-state index contributed by atoms with van der Waals surface area (Å²) in [5.41, 5.74) is 0. The van der Waals surface area contributed by atoms with Crippen LogP contribution in [0.25, 0.3) is 0 Å². The normalized spacial score (nSPS) is 30.8. The van der Waals surface area contributed by atoms with Crippen LogP contribution < -0.4 is 0 Å². The number of hydrogen-bond donors (Lipinski definition) is 3. The average Bonchev–Trinajstić information content (AvgIpc) is 2.11. The van der Waals surface area contributed by atoms with Gasteiger partial charge in [0.05, 0.1) is 12.7 Å². The van der Waals surface area contributed by atoms with E-state index in [0.29, 0.717) is 0 Å². The number of rotatable bonds is 3. The first kappa shape index (κ1) is 11.2. The molecular weight excluding hydrogens is 219 g/mol. The molecule has 0 radical (unpaired) electrons. The Morgan fingerprint density at radius 2 is 2.08 bits per heavy atom. The van der Waals surface area contributed by atoms with Crippen molar-refractivity contribution in [2.45, 2.75) is 23.0 Å². The molecule has 0 amide bonds. The molecule has 0 saturated heterocycles. The van der Waals surface area contributed by atoms with Crippen LogP contribution in [0.5, 0.6) is 0 Å². The SMILES string of the molecule is O=C1CC(C(O)C(O)CO)C1(Cl)Cl. The van der Waals surface area contributed by atoms with Crippen molar-refractivity contribution in [3.63, 3.8) is 0 Å². The molecule has 1 aliphatic rings. The molecule has 0 aromatic heterocycles. The first-order valence-electron chi connectivity index (χ1n) is 3.79. The van der Waals surface area contributed by atoms with Crippen LogP contribution in [0.3, 0.4) is 0 Å². The second-order valence-corrected chi connectivity index (χ2v) is 4.48. The summed E-state index contributed by atoms with van der Waals surface area (Å²) < 4.78 is -1.62. The molecule has 76 valence electrons. The van der Waals surface area contributed by atoms with Crippen LogP contribution in [0.1, 0.15) is 6.42 Å². The third-order valence-corrected chi connectivity index (χ3v) is 3.22. The molecule has 0 spiro atoms. The molecule has 3 N–H and O–H groups in total. The quantitative estimate of drug-likeness (QED) is 0.568. The molecule has 3 atom stereocenters. The minimum atomic E-state index is -1.62. The van der Waals surface area contributed by atoms with Gasteiger partial charge in [-0.3, -0.25) is 4.79 Å². The van der Waals surface area contributed by atoms with Gasteiger partial charge in [0.1, 0.15) is 6.10 Å². The molecule has 13 heavy (non-hydrogen) atoms. The van der Waals surface area contributed by atoms with Gasteiger partial charge < -0.3 is 15.3 Å². The first-order valence-corrected chi connectivity index (χ1v) is 4.55. The molecule has 1 fully saturated rings. The number of carbonyl (C=O) groups is 1. The van der Waals surface area contributed by atoms with Crippen LogP contribution in [0, 0.1) is 5.92 Å². The lowest BCUT2D eigenvalue weighted by Gasteiger charge is -2.41. The number of alkyl halides is 2. The standard InChI is InChI=1S/C7H10Cl2O4/c8-7(9)3(1-5(7)12)6(13)4(11)2-10/h3-4,6,10-11,13H,1-2H2. The topological polar surface area (TPSA) is 77.8 Å². The summed E-state index contributed by atoms with van der Waals surface area (Å²) in [5, 5.41) is 26.9. The third-order valence-electron chi connectivity index (χ3n) is 2.24. The Balaban J connectivity index is 2.60. The summed E-state index contributed by atoms with van der Waals surface area (Å²) in [6, 6.07) is 0. The average molecular weight is 229 g/mol. The van der Waals surface area contributed by atoms with Gasteiger partial charge in [0, 0.05) is 12.3 Å². The molecule has 0 aromatic carbocycles. The zero-order valence-electron chi connectivity index (χ0n) is 6.65. The molecule has 0 heterocycles. The minimum absolute atomic E-state index is 0.0330. The summed E-state index contributed by atoms with van der Waals surface area (Å²) in [4.78, 5) is 10.9. The predicted molar refractivity (Wildman–Crippen MR) is 46.7 cm³/mol. The van der Waals surface area contributed by atoms with Gasteiger partial charge in [-0.1, -0.05) is 23.2 Å². The number of ketones is 1. The predicted octanol–water partition coefficient (Wildman–Crippen LogP) is -0.537. The van der Waals surface area contributed by atoms with Crippen molar-refractivity contribution in [1.82, 2.24) is 0 Å². The summed E-state index contributed by atoms with van der Waals surface area (Å²) in [6.07, 6.45) is -2.54. The Bertz CT molecular complexity index is 219. The molecule has 4 nitrogen and oxygen atoms in total. The van der Waals surface area contributed by atoms with Gasteiger partial charge in [0.2, 0.25) is 0 Å². The van der Waals surface area contributed by atoms with E-state index in [4.69, 9.17) is 33.4 Å². The number of Topliss-reactive ketones (excluding diaryl/α,β-unsaturated/α-hetero) is 1. The van der Waals surface area contributed by atoms with Crippen molar-refractivity contribution in [1.29, 1.82) is 0 Å². The van der Waals surface area contributed by atoms with Gasteiger partial charge in [-0.2, -0.15) is 0 Å². The highest BCUT2D eigenvalue weighted by Crippen LogP contribution is 2.46. The second kappa shape index (κ2) is 3.71. The highest BCUT2D eigenvalue weighted by atomic mass is 35.5. The third kappa shape index (κ3) is 1.82. The minimum Gasteiger partial charge on any atom is -0.394 e. The first-order chi connectivity index (χ1) is 5.91. The maximum Gasteiger partial charge on any atom is 0.181 e. The molecular formula is C7H10Cl2O4. The van der Waals surface area contributed by atoms with E-state index in [1.807, 2.05) is 0 Å². The van der Waals surface area contributed by atoms with E-state index in [1.54, 1.807) is 0 Å². The number of halogens is 2. The van der Waals surface area contributed by atoms with E-state index in [-0.39, 0.29) is 12.2 Å². The highest BCUT2D eigenvalue weighted by molar-refractivity contribution is 6.60. The van der Waals surface area contributed by atoms with Crippen molar-refractivity contribution in [3.8, 4) is 0 Å². The van der Waals surface area contributed by atoms with Crippen LogP contribution >= 0.6 is 23.2 Å². The molecule has 0 aromatic rings. The number of aliphatic hydroxyl groups excluding tert-OH is 3. The number of carbonyl (C=O) groups excluding carboxylic acids is 1. The lowest BCUT2D eigenvalue weighted by Crippen LogP contribution is -2.56. The Labute approximate surface area is 85.1 Å². The van der Waals surface area contributed by atoms with E-state index >= 15 is 0 Å². The van der Waals surface area contributed by atoms with Crippen LogP contribution in [0.2, 0.25) is 0 Å². The van der Waals surface area contributed by atoms with Gasteiger partial charge in [0.25, 0.3) is 0 Å². The van der Waals surface area contributed by atoms with Crippen LogP contribution in [-0.4, -0.2) is 44.3 Å². The zero-order valence-corrected chi connectivity index (χ0v) is 8.16. The fourth-order valence-corrected chi connectivity index (χ4v) is 1.82. The van der Waals surface area contributed by atoms with Crippen molar-refractivity contribution in [2.24, 2.45) is 5.92 Å². The van der Waals surface area contributed by atoms with Crippen molar-refractivity contribution in [2.75, 3.05) is 6.61 Å². The fourth-order valence-electron chi connectivity index (χ4n) is 1.25. The maximum absolute atomic E-state index is 10.9. The summed E-state index contributed by atoms with van der Waals surface area (Å²) in [7, 11) is 0. The zero-order chi connectivity index (χ0) is 10.2. The van der Waals surface area contributed by atoms with Crippen LogP contribution in [0.15, 0.2) is 0 Å². The molecule has 6 heteroatoms. The van der Waals surface area contributed by atoms with E-state index in [9.17, 15) is 9.90 Å². The van der Waals surface area contributed by atoms with E-state index in [0.717, 1.165) is 0 Å². The van der Waals surface area contributed by atoms with Gasteiger partial charge in [-0.15, -0.1) is 0 Å². The number of aliphatic hydroxyl groups is 3. The lowest BCUT2D eigenvalue weighted by atomic mass is 9.77. The number of hydrogen-bond acceptors (Lipinski definition) is 4. The van der Waals surface area contributed by atoms with Crippen molar-refractivity contribution < 1.29 is 20.1 Å². The lowest BCUT2D eigenvalue weighted by molar-refractivity contribution is -0.136. The monoisotopic (exact) mass is 228 g/mol. The largest absolute Gasteiger partial charge is 0.394 e. The van der Waals surface area contributed by atoms with Crippen LogP contribution in [-0.2, 0) is 4.79 Å². The summed E-state index contributed by atoms with van der Waals surface area (Å²) >= 11 is 11.2. The van der Waals surface area contributed by atoms with Crippen molar-refractivity contribution in [3.05, 3.63) is 0 Å². The van der Waals surface area contributed by atoms with Crippen molar-refractivity contribution >= 4 is 29.0 Å². The van der Waals surface area contributed by atoms with Gasteiger partial charge in [-0.05, 0) is 0 Å². The summed E-state index contributed by atoms with van der Waals surface area (Å²) in [5.74, 6) is -1.07. The summed E-state index contributed by atoms with van der Waals surface area (Å²) in [6.45, 7) is -0.588. The molecule has 0 bridgehead atoms. The molecule has 1 rings (SSSR count). The smallest absolute Gasteiger partial charge is 0.181 e. The molecule has 1 saturated carbocycles. The molecule has 0 aliphatic heterocycles. The Morgan fingerprint density at radius 3 is 2.38 bits per heavy atom. The maximum atomic E-state index is 10.9. The highest BCUT2D eigenvalue weighted by Gasteiger charge is 2.56. The molecule has 1 aliphatic carbocycles. The van der Waals surface area contributed by atoms with E-state index in [1.165, 1.54) is 0 Å². The second-order valence-electron chi connectivity index (χ2n) is 3.10. The Morgan fingerprint density at radius 1 is 1.54 bits per heavy atom. The van der Waals surface area contributed by atoms with Gasteiger partial charge in [-0.25, -0.2) is 0 Å². The fraction of sp³-hybridized carbons (Fsp3) is 0.857. The van der Waals surface area contributed by atoms with Gasteiger partial charge in [0.15, 0.2) is 10.1 Å². The molecule has 3 unspecified atom stereocenters. The Kier molecular flexibility index (Phi) is 3.20. The van der Waals surface area contributed by atoms with Gasteiger partial charge >= 0.3 is 0 Å². The van der Waals surface area contributed by atoms with E-state index < -0.39 is 29.1 Å². The Hall–Kier alpha value is 0.130. The van der Waals surface area contributed by atoms with Crippen LogP contribution in [0.4, 0.5) is 0 Å². The van der Waals surface area contributed by atoms with E-state index in [2.05, 4.69) is 0 Å².